The largest absolute Gasteiger partial charge is 0.457 e. The summed E-state index contributed by atoms with van der Waals surface area (Å²) in [5.41, 5.74) is 6.18. The molecule has 0 saturated carbocycles. The number of benzene rings is 4. The molecule has 75 heavy (non-hydrogen) atoms. The molecular formula is C58H66Cl2N8O7. The Balaban J connectivity index is 1.10. The number of hydrogen-bond donors (Lipinski definition) is 2. The third-order valence-corrected chi connectivity index (χ3v) is 15.0. The van der Waals surface area contributed by atoms with Crippen molar-refractivity contribution in [1.82, 2.24) is 39.6 Å². The fourth-order valence-electron chi connectivity index (χ4n) is 9.89. The Kier molecular flexibility index (Phi) is 18.3. The Morgan fingerprint density at radius 3 is 2.16 bits per heavy atom. The number of rotatable bonds is 13. The van der Waals surface area contributed by atoms with Gasteiger partial charge in [-0.05, 0) is 118 Å². The zero-order valence-corrected chi connectivity index (χ0v) is 44.7. The molecule has 0 unspecified atom stereocenters. The summed E-state index contributed by atoms with van der Waals surface area (Å²) in [5.74, 6) is -2.25. The van der Waals surface area contributed by atoms with E-state index >= 15 is 4.79 Å². The van der Waals surface area contributed by atoms with Crippen molar-refractivity contribution >= 4 is 58.4 Å². The van der Waals surface area contributed by atoms with Gasteiger partial charge in [-0.15, -0.1) is 0 Å². The van der Waals surface area contributed by atoms with E-state index < -0.39 is 47.8 Å². The molecule has 5 amide bonds. The molecule has 2 aromatic heterocycles. The monoisotopic (exact) mass is 1060 g/mol. The summed E-state index contributed by atoms with van der Waals surface area (Å²) in [6, 6.07) is 30.0. The molecule has 0 bridgehead atoms. The SMILES string of the molecule is COC[C@@H]1NC(=O)[C@H](C)N(Cc2ccc(Cl)cc2Oc2ccc(-c3cnc4c(CN5CCCC5)cccn34)cc2)C(=O)C[C@@H](Cc2ccccc2)C(=O)N(C)[C@@H](C)CNC(=O)C[C@H](Cc2ccc(Cl)cc2)N(C)C1=O. The zero-order valence-electron chi connectivity index (χ0n) is 43.2. The maximum Gasteiger partial charge on any atom is 0.247 e. The number of pyridine rings is 1. The molecule has 0 spiro atoms. The van der Waals surface area contributed by atoms with Crippen molar-refractivity contribution < 1.29 is 33.4 Å². The molecule has 2 fully saturated rings. The van der Waals surface area contributed by atoms with Gasteiger partial charge in [0, 0.05) is 92.2 Å². The number of likely N-dealkylation sites (tertiary alicyclic amines) is 1. The first-order chi connectivity index (χ1) is 36.1. The van der Waals surface area contributed by atoms with E-state index in [1.807, 2.05) is 86.0 Å². The summed E-state index contributed by atoms with van der Waals surface area (Å²) in [4.78, 5) is 84.4. The second-order valence-corrected chi connectivity index (χ2v) is 20.6. The first-order valence-electron chi connectivity index (χ1n) is 25.6. The lowest BCUT2D eigenvalue weighted by molar-refractivity contribution is -0.147. The van der Waals surface area contributed by atoms with E-state index in [1.54, 1.807) is 56.3 Å². The minimum atomic E-state index is -1.20. The Labute approximate surface area is 449 Å². The number of fused-ring (bicyclic) bond motifs is 1. The van der Waals surface area contributed by atoms with E-state index in [1.165, 1.54) is 35.3 Å². The van der Waals surface area contributed by atoms with Crippen molar-refractivity contribution in [3.05, 3.63) is 154 Å². The van der Waals surface area contributed by atoms with Gasteiger partial charge in [-0.25, -0.2) is 4.98 Å². The number of amides is 5. The molecule has 2 saturated heterocycles. The summed E-state index contributed by atoms with van der Waals surface area (Å²) in [5, 5.41) is 6.77. The van der Waals surface area contributed by atoms with Crippen molar-refractivity contribution in [2.24, 2.45) is 5.92 Å². The second-order valence-electron chi connectivity index (χ2n) is 19.8. The number of methoxy groups -OCH3 is 1. The van der Waals surface area contributed by atoms with Crippen LogP contribution in [0.2, 0.25) is 10.0 Å². The lowest BCUT2D eigenvalue weighted by Gasteiger charge is -2.35. The van der Waals surface area contributed by atoms with E-state index in [0.717, 1.165) is 47.7 Å². The molecule has 8 rings (SSSR count). The highest BCUT2D eigenvalue weighted by Crippen LogP contribution is 2.33. The molecule has 2 aliphatic rings. The van der Waals surface area contributed by atoms with Gasteiger partial charge in [-0.3, -0.25) is 33.3 Å². The maximum absolute atomic E-state index is 15.1. The van der Waals surface area contributed by atoms with Crippen molar-refractivity contribution in [2.45, 2.75) is 89.6 Å². The van der Waals surface area contributed by atoms with Crippen LogP contribution in [0.25, 0.3) is 16.9 Å². The highest BCUT2D eigenvalue weighted by atomic mass is 35.5. The van der Waals surface area contributed by atoms with Gasteiger partial charge in [0.15, 0.2) is 0 Å². The molecule has 15 nitrogen and oxygen atoms in total. The van der Waals surface area contributed by atoms with Crippen molar-refractivity contribution in [1.29, 1.82) is 0 Å². The number of nitrogens with zero attached hydrogens (tertiary/aromatic N) is 6. The smallest absolute Gasteiger partial charge is 0.247 e. The van der Waals surface area contributed by atoms with Crippen LogP contribution >= 0.6 is 23.2 Å². The summed E-state index contributed by atoms with van der Waals surface area (Å²) in [6.45, 7) is 6.24. The van der Waals surface area contributed by atoms with E-state index in [-0.39, 0.29) is 50.8 Å². The van der Waals surface area contributed by atoms with Gasteiger partial charge in [-0.1, -0.05) is 77.8 Å². The second kappa shape index (κ2) is 25.2. The molecule has 394 valence electrons. The summed E-state index contributed by atoms with van der Waals surface area (Å²) >= 11 is 12.8. The number of nitrogens with one attached hydrogen (secondary N) is 2. The maximum atomic E-state index is 15.1. The highest BCUT2D eigenvalue weighted by Gasteiger charge is 2.36. The number of carbonyl (C=O) groups excluding carboxylic acids is 5. The summed E-state index contributed by atoms with van der Waals surface area (Å²) in [6.07, 6.45) is 6.52. The fraction of sp³-hybridized carbons (Fsp3) is 0.379. The average Bonchev–Trinajstić information content (AvgIpc) is 4.10. The predicted molar refractivity (Wildman–Crippen MR) is 290 cm³/mol. The van der Waals surface area contributed by atoms with Gasteiger partial charge in [-0.2, -0.15) is 0 Å². The Morgan fingerprint density at radius 2 is 1.44 bits per heavy atom. The Hall–Kier alpha value is -6.78. The average molecular weight is 1060 g/mol. The molecule has 0 radical (unpaired) electrons. The quantitative estimate of drug-likeness (QED) is 0.116. The molecule has 2 N–H and O–H groups in total. The van der Waals surface area contributed by atoms with Gasteiger partial charge < -0.3 is 34.8 Å². The van der Waals surface area contributed by atoms with Crippen molar-refractivity contribution in [3.63, 3.8) is 0 Å². The van der Waals surface area contributed by atoms with E-state index in [0.29, 0.717) is 33.5 Å². The lowest BCUT2D eigenvalue weighted by Crippen LogP contribution is -2.57. The van der Waals surface area contributed by atoms with Gasteiger partial charge in [0.25, 0.3) is 0 Å². The molecule has 4 aromatic carbocycles. The third-order valence-electron chi connectivity index (χ3n) is 14.5. The van der Waals surface area contributed by atoms with E-state index in [4.69, 9.17) is 37.7 Å². The zero-order chi connectivity index (χ0) is 53.2. The van der Waals surface area contributed by atoms with Crippen LogP contribution in [0.4, 0.5) is 0 Å². The minimum absolute atomic E-state index is 0.0738. The number of ether oxygens (including phenoxy) is 2. The normalized spacial score (nSPS) is 21.0. The van der Waals surface area contributed by atoms with Crippen LogP contribution in [-0.2, 0) is 54.6 Å². The van der Waals surface area contributed by atoms with Crippen LogP contribution in [0.5, 0.6) is 11.5 Å². The number of likely N-dealkylation sites (N-methyl/N-ethyl adjacent to an activating group) is 2. The Bertz CT molecular complexity index is 2950. The van der Waals surface area contributed by atoms with Crippen molar-refractivity contribution in [3.8, 4) is 22.8 Å². The van der Waals surface area contributed by atoms with E-state index in [9.17, 15) is 19.2 Å². The predicted octanol–water partition coefficient (Wildman–Crippen LogP) is 8.23. The van der Waals surface area contributed by atoms with Gasteiger partial charge >= 0.3 is 0 Å². The molecule has 5 atom stereocenters. The van der Waals surface area contributed by atoms with Crippen LogP contribution in [0.15, 0.2) is 122 Å². The first-order valence-corrected chi connectivity index (χ1v) is 26.3. The van der Waals surface area contributed by atoms with Gasteiger partial charge in [0.05, 0.1) is 31.0 Å². The number of halogens is 2. The number of aromatic nitrogens is 2. The fourth-order valence-corrected chi connectivity index (χ4v) is 10.2. The minimum Gasteiger partial charge on any atom is -0.457 e. The summed E-state index contributed by atoms with van der Waals surface area (Å²) in [7, 11) is 4.67. The summed E-state index contributed by atoms with van der Waals surface area (Å²) < 4.78 is 14.2. The van der Waals surface area contributed by atoms with Crippen LogP contribution in [0.3, 0.4) is 0 Å². The van der Waals surface area contributed by atoms with Crippen LogP contribution in [-0.4, -0.2) is 130 Å². The molecule has 0 aliphatic carbocycles. The number of imidazole rings is 1. The number of hydrogen-bond acceptors (Lipinski definition) is 9. The third kappa shape index (κ3) is 13.7. The lowest BCUT2D eigenvalue weighted by atomic mass is 9.93. The molecular weight excluding hydrogens is 992 g/mol. The first kappa shape index (κ1) is 54.5. The highest BCUT2D eigenvalue weighted by molar-refractivity contribution is 6.31. The molecule has 4 heterocycles. The number of carbonyl (C=O) groups is 5. The Morgan fingerprint density at radius 1 is 0.733 bits per heavy atom. The topological polar surface area (TPSA) is 158 Å². The molecule has 6 aromatic rings. The van der Waals surface area contributed by atoms with Crippen LogP contribution < -0.4 is 15.4 Å². The molecule has 2 aliphatic heterocycles. The molecule has 17 heteroatoms. The van der Waals surface area contributed by atoms with Crippen molar-refractivity contribution in [2.75, 3.05) is 47.4 Å². The van der Waals surface area contributed by atoms with E-state index in [2.05, 4.69) is 32.1 Å². The van der Waals surface area contributed by atoms with Gasteiger partial charge in [0.2, 0.25) is 29.5 Å². The van der Waals surface area contributed by atoms with Gasteiger partial charge in [0.1, 0.15) is 29.2 Å². The van der Waals surface area contributed by atoms with Crippen LogP contribution in [0, 0.1) is 5.92 Å². The standard InChI is InChI=1S/C58H66Cl2N8O7/c1-38-33-61-53(69)32-48(29-41-15-20-46(59)21-16-41)65(4)58(73)50(37-74-5)63-56(71)39(2)68(54(70)30-45(57(72)64(38)3)28-40-12-7-6-8-13-40)36-43-17-22-47(60)31-52(43)75-49-23-18-42(19-24-49)51-34-62-55-44(14-11-27-67(51)55)35-66-25-9-10-26-66/h6-8,11-24,27,31,34,38-39,45,48,50H,9-10,25-26,28-30,32-33,35-37H2,1-5H3,(H,61,69)(H,63,71)/t38-,39-,45+,48-,50-/m0/s1. The van der Waals surface area contributed by atoms with Crippen LogP contribution in [0.1, 0.15) is 61.8 Å².